The Morgan fingerprint density at radius 2 is 2.29 bits per heavy atom. The minimum atomic E-state index is 0.383. The average molecular weight is 278 g/mol. The predicted octanol–water partition coefficient (Wildman–Crippen LogP) is 3.81. The lowest BCUT2D eigenvalue weighted by molar-refractivity contribution is 0.189. The van der Waals surface area contributed by atoms with Crippen LogP contribution in [0.5, 0.6) is 0 Å². The Kier molecular flexibility index (Phi) is 5.53. The van der Waals surface area contributed by atoms with E-state index in [0.717, 1.165) is 17.5 Å². The van der Waals surface area contributed by atoms with Gasteiger partial charge < -0.3 is 4.74 Å². The lowest BCUT2D eigenvalue weighted by atomic mass is 9.98. The summed E-state index contributed by atoms with van der Waals surface area (Å²) >= 11 is 9.37. The highest BCUT2D eigenvalue weighted by Gasteiger charge is 2.09. The van der Waals surface area contributed by atoms with Gasteiger partial charge >= 0.3 is 0 Å². The second kappa shape index (κ2) is 6.44. The number of hydrogen-bond acceptors (Lipinski definition) is 1. The van der Waals surface area contributed by atoms with E-state index in [0.29, 0.717) is 11.8 Å². The van der Waals surface area contributed by atoms with Crippen LogP contribution in [-0.2, 0) is 4.74 Å². The fourth-order valence-corrected chi connectivity index (χ4v) is 2.10. The minimum absolute atomic E-state index is 0.383. The van der Waals surface area contributed by atoms with Crippen molar-refractivity contribution >= 4 is 27.5 Å². The Bertz CT molecular complexity index is 278. The zero-order chi connectivity index (χ0) is 10.4. The number of ether oxygens (including phenoxy) is 1. The molecule has 0 radical (unpaired) electrons. The molecule has 0 heterocycles. The normalized spacial score (nSPS) is 12.8. The van der Waals surface area contributed by atoms with Gasteiger partial charge in [0.15, 0.2) is 0 Å². The van der Waals surface area contributed by atoms with Gasteiger partial charge in [0, 0.05) is 24.1 Å². The van der Waals surface area contributed by atoms with Crippen molar-refractivity contribution in [3.05, 3.63) is 34.3 Å². The lowest BCUT2D eigenvalue weighted by Crippen LogP contribution is -2.04. The van der Waals surface area contributed by atoms with Crippen LogP contribution in [0.1, 0.15) is 17.9 Å². The predicted molar refractivity (Wildman–Crippen MR) is 64.1 cm³/mol. The van der Waals surface area contributed by atoms with E-state index >= 15 is 0 Å². The van der Waals surface area contributed by atoms with Crippen LogP contribution >= 0.6 is 27.5 Å². The first-order chi connectivity index (χ1) is 6.77. The highest BCUT2D eigenvalue weighted by Crippen LogP contribution is 2.23. The number of alkyl halides is 1. The molecule has 0 aliphatic carbocycles. The molecule has 1 unspecified atom stereocenters. The number of hydrogen-bond donors (Lipinski definition) is 0. The van der Waals surface area contributed by atoms with Gasteiger partial charge in [0.25, 0.3) is 0 Å². The van der Waals surface area contributed by atoms with Gasteiger partial charge in [-0.1, -0.05) is 28.1 Å². The van der Waals surface area contributed by atoms with Gasteiger partial charge in [0.1, 0.15) is 0 Å². The number of methoxy groups -OCH3 is 1. The van der Waals surface area contributed by atoms with Crippen molar-refractivity contribution in [3.8, 4) is 0 Å². The molecule has 0 amide bonds. The Morgan fingerprint density at radius 1 is 1.50 bits per heavy atom. The molecule has 1 atom stereocenters. The number of halogens is 2. The summed E-state index contributed by atoms with van der Waals surface area (Å²) in [5.74, 6) is 1.02. The Balaban J connectivity index is 2.68. The molecular formula is C11H14BrClO. The van der Waals surface area contributed by atoms with E-state index in [9.17, 15) is 0 Å². The summed E-state index contributed by atoms with van der Waals surface area (Å²) in [6.45, 7) is 0.754. The van der Waals surface area contributed by atoms with Crippen molar-refractivity contribution in [3.63, 3.8) is 0 Å². The maximum Gasteiger partial charge on any atom is 0.0468 e. The van der Waals surface area contributed by atoms with Crippen LogP contribution in [0.2, 0.25) is 0 Å². The Hall–Kier alpha value is -0.0500. The van der Waals surface area contributed by atoms with Crippen molar-refractivity contribution < 1.29 is 4.74 Å². The van der Waals surface area contributed by atoms with Gasteiger partial charge in [-0.25, -0.2) is 0 Å². The second-order valence-electron chi connectivity index (χ2n) is 3.19. The molecule has 0 bridgehead atoms. The molecule has 0 fully saturated rings. The third kappa shape index (κ3) is 3.60. The molecule has 14 heavy (non-hydrogen) atoms. The lowest BCUT2D eigenvalue weighted by Gasteiger charge is -2.13. The zero-order valence-corrected chi connectivity index (χ0v) is 10.5. The first-order valence-corrected chi connectivity index (χ1v) is 5.91. The fourth-order valence-electron chi connectivity index (χ4n) is 1.35. The fraction of sp³-hybridized carbons (Fsp3) is 0.455. The van der Waals surface area contributed by atoms with Crippen LogP contribution in [0.4, 0.5) is 0 Å². The van der Waals surface area contributed by atoms with Crippen molar-refractivity contribution in [2.45, 2.75) is 12.3 Å². The summed E-state index contributed by atoms with van der Waals surface area (Å²) in [7, 11) is 1.71. The standard InChI is InChI=1S/C11H14BrClO/c1-14-6-5-10(8-13)9-3-2-4-11(12)7-9/h2-4,7,10H,5-6,8H2,1H3. The topological polar surface area (TPSA) is 9.23 Å². The smallest absolute Gasteiger partial charge is 0.0468 e. The first kappa shape index (κ1) is 12.0. The molecule has 0 aliphatic rings. The highest BCUT2D eigenvalue weighted by atomic mass is 79.9. The van der Waals surface area contributed by atoms with E-state index in [2.05, 4.69) is 28.1 Å². The average Bonchev–Trinajstić information content (AvgIpc) is 2.19. The molecule has 1 nitrogen and oxygen atoms in total. The quantitative estimate of drug-likeness (QED) is 0.744. The maximum atomic E-state index is 5.92. The molecule has 0 saturated heterocycles. The first-order valence-electron chi connectivity index (χ1n) is 4.58. The zero-order valence-electron chi connectivity index (χ0n) is 8.17. The molecule has 1 rings (SSSR count). The van der Waals surface area contributed by atoms with Crippen molar-refractivity contribution in [2.24, 2.45) is 0 Å². The molecule has 1 aromatic rings. The number of benzene rings is 1. The van der Waals surface area contributed by atoms with E-state index in [4.69, 9.17) is 16.3 Å². The van der Waals surface area contributed by atoms with E-state index in [1.165, 1.54) is 5.56 Å². The molecule has 0 saturated carbocycles. The van der Waals surface area contributed by atoms with Gasteiger partial charge in [-0.15, -0.1) is 11.6 Å². The van der Waals surface area contributed by atoms with E-state index < -0.39 is 0 Å². The third-order valence-electron chi connectivity index (χ3n) is 2.18. The van der Waals surface area contributed by atoms with Gasteiger partial charge in [0.2, 0.25) is 0 Å². The van der Waals surface area contributed by atoms with Crippen LogP contribution in [0.15, 0.2) is 28.7 Å². The third-order valence-corrected chi connectivity index (χ3v) is 3.04. The molecule has 0 aliphatic heterocycles. The molecule has 0 spiro atoms. The van der Waals surface area contributed by atoms with Gasteiger partial charge in [-0.2, -0.15) is 0 Å². The summed E-state index contributed by atoms with van der Waals surface area (Å²) in [5.41, 5.74) is 1.27. The van der Waals surface area contributed by atoms with Gasteiger partial charge in [0.05, 0.1) is 0 Å². The Labute approximate surface area is 98.5 Å². The molecule has 0 N–H and O–H groups in total. The summed E-state index contributed by atoms with van der Waals surface area (Å²) in [4.78, 5) is 0. The van der Waals surface area contributed by atoms with Crippen LogP contribution in [0, 0.1) is 0 Å². The van der Waals surface area contributed by atoms with Crippen molar-refractivity contribution in [1.29, 1.82) is 0 Å². The molecule has 0 aromatic heterocycles. The molecule has 78 valence electrons. The molecular weight excluding hydrogens is 263 g/mol. The summed E-state index contributed by atoms with van der Waals surface area (Å²) < 4.78 is 6.16. The van der Waals surface area contributed by atoms with Crippen molar-refractivity contribution in [2.75, 3.05) is 19.6 Å². The van der Waals surface area contributed by atoms with Crippen LogP contribution < -0.4 is 0 Å². The van der Waals surface area contributed by atoms with E-state index in [-0.39, 0.29) is 0 Å². The maximum absolute atomic E-state index is 5.92. The highest BCUT2D eigenvalue weighted by molar-refractivity contribution is 9.10. The van der Waals surface area contributed by atoms with Crippen molar-refractivity contribution in [1.82, 2.24) is 0 Å². The number of rotatable bonds is 5. The molecule has 3 heteroatoms. The van der Waals surface area contributed by atoms with E-state index in [1.54, 1.807) is 7.11 Å². The summed E-state index contributed by atoms with van der Waals surface area (Å²) in [6.07, 6.45) is 0.969. The largest absolute Gasteiger partial charge is 0.385 e. The van der Waals surface area contributed by atoms with Crippen LogP contribution in [0.3, 0.4) is 0 Å². The SMILES string of the molecule is COCCC(CCl)c1cccc(Br)c1. The molecule has 1 aromatic carbocycles. The van der Waals surface area contributed by atoms with E-state index in [1.807, 2.05) is 12.1 Å². The summed E-state index contributed by atoms with van der Waals surface area (Å²) in [5, 5.41) is 0. The van der Waals surface area contributed by atoms with Gasteiger partial charge in [-0.3, -0.25) is 0 Å². The monoisotopic (exact) mass is 276 g/mol. The minimum Gasteiger partial charge on any atom is -0.385 e. The van der Waals surface area contributed by atoms with Gasteiger partial charge in [-0.05, 0) is 30.0 Å². The summed E-state index contributed by atoms with van der Waals surface area (Å²) in [6, 6.07) is 8.27. The van der Waals surface area contributed by atoms with Crippen LogP contribution in [-0.4, -0.2) is 19.6 Å². The Morgan fingerprint density at radius 3 is 2.86 bits per heavy atom. The second-order valence-corrected chi connectivity index (χ2v) is 4.41. The van der Waals surface area contributed by atoms with Crippen LogP contribution in [0.25, 0.3) is 0 Å².